The van der Waals surface area contributed by atoms with Crippen LogP contribution in [0.5, 0.6) is 0 Å². The highest BCUT2D eigenvalue weighted by molar-refractivity contribution is 7.47. The maximum Gasteiger partial charge on any atom is 0.472 e. The molecule has 0 amide bonds. The molecule has 4 aromatic rings. The SMILES string of the molecule is CO[C@H]1[C@H]2OP(=O)(O)OC[C@@H]3[C@@H](OP(=O)(O)OC[C@H]1O[C@H]2n1cnc2c(=O)[nH]c(N)nc21)C(O[Si](C)(C)C(C)(C)C)C1(n2cnc4c(N)ncnc42)CC[C@@H]31. The van der Waals surface area contributed by atoms with E-state index in [0.717, 1.165) is 0 Å². The number of aromatic nitrogens is 8. The van der Waals surface area contributed by atoms with Gasteiger partial charge in [0.25, 0.3) is 5.56 Å². The molecule has 2 aliphatic carbocycles. The zero-order valence-corrected chi connectivity index (χ0v) is 33.6. The number of nitrogens with two attached hydrogens (primary N) is 2. The van der Waals surface area contributed by atoms with Crippen molar-refractivity contribution in [2.75, 3.05) is 31.8 Å². The largest absolute Gasteiger partial charge is 0.472 e. The van der Waals surface area contributed by atoms with Gasteiger partial charge in [0.15, 0.2) is 37.2 Å². The molecule has 4 unspecified atom stereocenters. The third kappa shape index (κ3) is 6.28. The minimum Gasteiger partial charge on any atom is -0.409 e. The Labute approximate surface area is 314 Å². The summed E-state index contributed by atoms with van der Waals surface area (Å²) in [6.07, 6.45) is -2.02. The Morgan fingerprint density at radius 2 is 1.69 bits per heavy atom. The van der Waals surface area contributed by atoms with E-state index in [2.05, 4.69) is 50.7 Å². The van der Waals surface area contributed by atoms with Gasteiger partial charge in [-0.05, 0) is 36.9 Å². The maximum absolute atomic E-state index is 14.1. The minimum absolute atomic E-state index is 0.0239. The summed E-state index contributed by atoms with van der Waals surface area (Å²) in [6.45, 7) is 9.23. The first-order chi connectivity index (χ1) is 25.8. The number of nitrogens with one attached hydrogen (secondary N) is 1. The van der Waals surface area contributed by atoms with Crippen LogP contribution in [0.3, 0.4) is 0 Å². The molecule has 0 spiro atoms. The van der Waals surface area contributed by atoms with Crippen molar-refractivity contribution in [1.82, 2.24) is 39.0 Å². The highest BCUT2D eigenvalue weighted by atomic mass is 31.2. The third-order valence-corrected chi connectivity index (χ3v) is 18.3. The molecule has 2 saturated carbocycles. The van der Waals surface area contributed by atoms with Crippen molar-refractivity contribution >= 4 is 58.1 Å². The smallest absolute Gasteiger partial charge is 0.409 e. The molecular weight excluding hydrogens is 782 g/mol. The number of phosphoric acid groups is 2. The van der Waals surface area contributed by atoms with E-state index in [1.807, 2.05) is 17.7 Å². The Bertz CT molecular complexity index is 2300. The van der Waals surface area contributed by atoms with Crippen LogP contribution in [0.2, 0.25) is 18.1 Å². The van der Waals surface area contributed by atoms with Gasteiger partial charge in [0, 0.05) is 13.0 Å². The summed E-state index contributed by atoms with van der Waals surface area (Å²) in [7, 11) is -11.4. The number of anilines is 2. The second-order valence-corrected chi connectivity index (χ2v) is 23.4. The molecule has 8 rings (SSSR count). The number of nitrogen functional groups attached to an aromatic ring is 2. The molecule has 25 heteroatoms. The first kappa shape index (κ1) is 38.7. The van der Waals surface area contributed by atoms with Gasteiger partial charge in [0.05, 0.1) is 37.5 Å². The summed E-state index contributed by atoms with van der Waals surface area (Å²) in [5, 5.41) is -0.305. The van der Waals surface area contributed by atoms with Gasteiger partial charge in [0.1, 0.15) is 36.3 Å². The Balaban J connectivity index is 1.21. The van der Waals surface area contributed by atoms with E-state index in [9.17, 15) is 23.7 Å². The fourth-order valence-corrected chi connectivity index (χ4v) is 11.4. The van der Waals surface area contributed by atoms with Gasteiger partial charge in [-0.1, -0.05) is 20.8 Å². The lowest BCUT2D eigenvalue weighted by atomic mass is 9.65. The van der Waals surface area contributed by atoms with Crippen molar-refractivity contribution in [2.24, 2.45) is 11.8 Å². The fraction of sp³-hybridized carbons (Fsp3) is 0.667. The molecule has 4 aromatic heterocycles. The van der Waals surface area contributed by atoms with E-state index in [1.165, 1.54) is 24.3 Å². The number of methoxy groups -OCH3 is 1. The average molecular weight is 827 g/mol. The van der Waals surface area contributed by atoms with Crippen LogP contribution in [0.15, 0.2) is 23.8 Å². The number of nitrogens with zero attached hydrogens (tertiary/aromatic N) is 7. The maximum atomic E-state index is 14.1. The zero-order valence-electron chi connectivity index (χ0n) is 30.8. The highest BCUT2D eigenvalue weighted by Gasteiger charge is 2.70. The van der Waals surface area contributed by atoms with E-state index in [1.54, 1.807) is 6.33 Å². The summed E-state index contributed by atoms with van der Waals surface area (Å²) in [5.74, 6) is -1.27. The lowest BCUT2D eigenvalue weighted by molar-refractivity contribution is -0.0652. The van der Waals surface area contributed by atoms with Crippen LogP contribution < -0.4 is 17.0 Å². The van der Waals surface area contributed by atoms with Gasteiger partial charge in [-0.2, -0.15) is 4.98 Å². The highest BCUT2D eigenvalue weighted by Crippen LogP contribution is 2.65. The molecule has 2 saturated heterocycles. The summed E-state index contributed by atoms with van der Waals surface area (Å²) in [4.78, 5) is 59.2. The van der Waals surface area contributed by atoms with Crippen molar-refractivity contribution in [3.8, 4) is 0 Å². The molecule has 4 aliphatic rings. The van der Waals surface area contributed by atoms with Crippen molar-refractivity contribution in [2.45, 2.75) is 94.0 Å². The lowest BCUT2D eigenvalue weighted by Crippen LogP contribution is -2.59. The number of ether oxygens (including phenoxy) is 2. The number of phosphoric ester groups is 2. The van der Waals surface area contributed by atoms with E-state index in [4.69, 9.17) is 43.5 Å². The van der Waals surface area contributed by atoms with Crippen LogP contribution in [0.4, 0.5) is 11.8 Å². The Kier molecular flexibility index (Phi) is 9.27. The number of fused-ring (bicyclic) bond motifs is 7. The van der Waals surface area contributed by atoms with Crippen LogP contribution in [-0.4, -0.2) is 108 Å². The zero-order chi connectivity index (χ0) is 39.5. The number of rotatable bonds is 5. The molecular formula is C30H44N10O12P2Si. The van der Waals surface area contributed by atoms with Gasteiger partial charge < -0.3 is 39.7 Å². The van der Waals surface area contributed by atoms with Gasteiger partial charge in [-0.3, -0.25) is 32.4 Å². The lowest BCUT2D eigenvalue weighted by Gasteiger charge is -2.52. The van der Waals surface area contributed by atoms with Crippen molar-refractivity contribution < 1.29 is 50.9 Å². The van der Waals surface area contributed by atoms with Crippen LogP contribution in [-0.2, 0) is 46.7 Å². The molecule has 4 fully saturated rings. The standard InChI is InChI=1S/C30H44N10O12P2Si/c1-29(2,3)55(5,6)52-22-19-14(15-7-8-30(15,22)40-13-36-17-23(31)33-11-34-24(17)40)9-47-53(42,43)51-21-20(46-4)16(10-48-54(44,45)50-19)49-27(21)39-12-35-18-25(39)37-28(32)38-26(18)41/h11-16,19-22,27H,7-10H2,1-6H3,(H,42,43)(H,44,45)(H2,31,33,34)(H3,32,37,38,41)/t14-,15-,16+,19+,20+,21+,22?,27+,30?/m0/s1. The number of hydrogen-bond donors (Lipinski definition) is 5. The second-order valence-electron chi connectivity index (χ2n) is 15.9. The number of hydrogen-bond acceptors (Lipinski definition) is 17. The molecule has 2 aliphatic heterocycles. The molecule has 0 aromatic carbocycles. The Morgan fingerprint density at radius 1 is 1.00 bits per heavy atom. The molecule has 7 N–H and O–H groups in total. The number of H-pyrrole nitrogens is 1. The fourth-order valence-electron chi connectivity index (χ4n) is 8.19. The number of imidazole rings is 2. The van der Waals surface area contributed by atoms with Crippen molar-refractivity contribution in [3.05, 3.63) is 29.3 Å². The first-order valence-electron chi connectivity index (χ1n) is 17.6. The topological polar surface area (TPSA) is 298 Å². The predicted molar refractivity (Wildman–Crippen MR) is 195 cm³/mol. The summed E-state index contributed by atoms with van der Waals surface area (Å²) in [6, 6.07) is 0. The van der Waals surface area contributed by atoms with E-state index in [-0.39, 0.29) is 28.0 Å². The predicted octanol–water partition coefficient (Wildman–Crippen LogP) is 2.18. The monoisotopic (exact) mass is 826 g/mol. The minimum atomic E-state index is -5.01. The van der Waals surface area contributed by atoms with Crippen molar-refractivity contribution in [3.63, 3.8) is 0 Å². The third-order valence-electron chi connectivity index (χ3n) is 11.9. The van der Waals surface area contributed by atoms with Crippen LogP contribution >= 0.6 is 15.6 Å². The molecule has 0 radical (unpaired) electrons. The molecule has 22 nitrogen and oxygen atoms in total. The molecule has 6 heterocycles. The van der Waals surface area contributed by atoms with Crippen molar-refractivity contribution in [1.29, 1.82) is 0 Å². The van der Waals surface area contributed by atoms with Crippen LogP contribution in [0, 0.1) is 11.8 Å². The van der Waals surface area contributed by atoms with Gasteiger partial charge >= 0.3 is 15.6 Å². The molecule has 300 valence electrons. The number of aromatic amines is 1. The van der Waals surface area contributed by atoms with E-state index in [0.29, 0.717) is 24.0 Å². The summed E-state index contributed by atoms with van der Waals surface area (Å²) in [5.41, 5.74) is 11.1. The quantitative estimate of drug-likeness (QED) is 0.142. The van der Waals surface area contributed by atoms with Crippen LogP contribution in [0.25, 0.3) is 22.3 Å². The Hall–Kier alpha value is -3.18. The normalized spacial score (nSPS) is 37.2. The van der Waals surface area contributed by atoms with Crippen LogP contribution in [0.1, 0.15) is 39.8 Å². The van der Waals surface area contributed by atoms with E-state index >= 15 is 0 Å². The van der Waals surface area contributed by atoms with Gasteiger partial charge in [-0.15, -0.1) is 0 Å². The van der Waals surface area contributed by atoms with Gasteiger partial charge in [-0.25, -0.2) is 29.1 Å². The second kappa shape index (κ2) is 13.2. The average Bonchev–Trinajstić information content (AvgIpc) is 3.81. The van der Waals surface area contributed by atoms with E-state index < -0.39 is 96.9 Å². The van der Waals surface area contributed by atoms with Gasteiger partial charge in [0.2, 0.25) is 5.95 Å². The summed E-state index contributed by atoms with van der Waals surface area (Å²) >= 11 is 0. The first-order valence-corrected chi connectivity index (χ1v) is 23.5. The molecule has 55 heavy (non-hydrogen) atoms. The summed E-state index contributed by atoms with van der Waals surface area (Å²) < 4.78 is 73.7. The molecule has 11 atom stereocenters. The Morgan fingerprint density at radius 3 is 2.36 bits per heavy atom. The molecule has 2 bridgehead atoms.